The highest BCUT2D eigenvalue weighted by Gasteiger charge is 2.57. The number of benzene rings is 4. The number of unbranched alkanes of at least 4 members (excludes halogenated alkanes) is 4. The van der Waals surface area contributed by atoms with Crippen molar-refractivity contribution in [2.24, 2.45) is 29.1 Å². The minimum Gasteiger partial charge on any atom is -0.494 e. The number of hydrogen-bond acceptors (Lipinski definition) is 24. The van der Waals surface area contributed by atoms with E-state index in [1.165, 1.54) is 48.5 Å². The van der Waals surface area contributed by atoms with Gasteiger partial charge in [-0.15, -0.1) is 0 Å². The summed E-state index contributed by atoms with van der Waals surface area (Å²) in [4.78, 5) is 144. The molecule has 4 aliphatic carbocycles. The SMILES string of the molecule is CCCCOc1ccc(C(=O)OOC(=O)OC2CCC(C(C3CCC(OC(=O)OOC(=O)c4ccc(OCCCC)cc4)CC3)(C3CCC(OC(=O)OOC(=O)c4ccc(OCCCC)cc4)CC3)C3CCC(OC(=O)OOC(=O)c4ccc(OCCCC)cc4)CC3)CC2)cc1. The molecule has 8 rings (SSSR count). The molecule has 24 heteroatoms. The molecule has 0 aliphatic heterocycles. The molecular formula is C73H92O24. The van der Waals surface area contributed by atoms with Crippen LogP contribution in [0.3, 0.4) is 0 Å². The molecule has 0 heterocycles. The van der Waals surface area contributed by atoms with E-state index in [0.717, 1.165) is 51.4 Å². The Bertz CT molecular complexity index is 2680. The van der Waals surface area contributed by atoms with Crippen molar-refractivity contribution in [3.8, 4) is 23.0 Å². The molecule has 0 saturated heterocycles. The Morgan fingerprint density at radius 3 is 0.639 bits per heavy atom. The van der Waals surface area contributed by atoms with Crippen LogP contribution in [0, 0.1) is 29.1 Å². The van der Waals surface area contributed by atoms with Crippen molar-refractivity contribution in [2.45, 2.75) is 206 Å². The fourth-order valence-corrected chi connectivity index (χ4v) is 13.9. The van der Waals surface area contributed by atoms with E-state index in [1.54, 1.807) is 48.5 Å². The van der Waals surface area contributed by atoms with E-state index in [1.807, 2.05) is 0 Å². The van der Waals surface area contributed by atoms with E-state index in [2.05, 4.69) is 27.7 Å². The standard InChI is InChI=1S/C73H92O24/c1-5-9-45-82-57-29-13-49(14-30-57)65(74)90-94-69(78)86-61-37-21-53(22-38-61)73(54-23-39-62(40-24-54)87-70(79)95-91-66(75)50-15-31-58(32-16-50)83-46-10-6-2,55-25-41-63(42-26-55)88-71(80)96-92-67(76)51-17-33-59(34-18-51)84-47-11-7-3)56-27-43-64(44-28-56)89-72(81)97-93-68(77)52-19-35-60(36-20-52)85-48-12-8-4/h13-20,29-36,53-56,61-64H,5-12,21-28,37-48H2,1-4H3. The third-order valence-electron chi connectivity index (χ3n) is 18.7. The first-order chi connectivity index (χ1) is 47.2. The van der Waals surface area contributed by atoms with Gasteiger partial charge in [-0.25, -0.2) is 58.3 Å². The molecule has 0 amide bonds. The van der Waals surface area contributed by atoms with Gasteiger partial charge in [0.2, 0.25) is 0 Å². The van der Waals surface area contributed by atoms with Gasteiger partial charge in [0.1, 0.15) is 47.4 Å². The molecule has 0 spiro atoms. The van der Waals surface area contributed by atoms with Crippen molar-refractivity contribution < 1.29 is 115 Å². The Kier molecular flexibility index (Phi) is 29.5. The van der Waals surface area contributed by atoms with E-state index < -0.39 is 78.3 Å². The molecule has 4 aliphatic rings. The Balaban J connectivity index is 0.951. The zero-order valence-corrected chi connectivity index (χ0v) is 56.0. The summed E-state index contributed by atoms with van der Waals surface area (Å²) in [6.45, 7) is 10.3. The summed E-state index contributed by atoms with van der Waals surface area (Å²) in [5.74, 6) is -1.18. The van der Waals surface area contributed by atoms with Crippen LogP contribution in [0.25, 0.3) is 0 Å². The fourth-order valence-electron chi connectivity index (χ4n) is 13.9. The van der Waals surface area contributed by atoms with Crippen molar-refractivity contribution in [1.82, 2.24) is 0 Å². The van der Waals surface area contributed by atoms with Crippen LogP contribution in [0.2, 0.25) is 0 Å². The summed E-state index contributed by atoms with van der Waals surface area (Å²) in [7, 11) is 0. The number of carbonyl (C=O) groups is 8. The largest absolute Gasteiger partial charge is 0.550 e. The predicted molar refractivity (Wildman–Crippen MR) is 345 cm³/mol. The van der Waals surface area contributed by atoms with Crippen LogP contribution in [0.1, 0.15) is 223 Å². The lowest BCUT2D eigenvalue weighted by Gasteiger charge is -2.60. The number of ether oxygens (including phenoxy) is 8. The third kappa shape index (κ3) is 22.6. The first kappa shape index (κ1) is 73.8. The molecule has 0 atom stereocenters. The van der Waals surface area contributed by atoms with Crippen molar-refractivity contribution in [2.75, 3.05) is 26.4 Å². The van der Waals surface area contributed by atoms with Gasteiger partial charge in [-0.2, -0.15) is 19.2 Å². The molecule has 0 unspecified atom stereocenters. The molecule has 528 valence electrons. The van der Waals surface area contributed by atoms with Gasteiger partial charge in [0.15, 0.2) is 0 Å². The van der Waals surface area contributed by atoms with Crippen molar-refractivity contribution in [1.29, 1.82) is 0 Å². The summed E-state index contributed by atoms with van der Waals surface area (Å²) in [6, 6.07) is 25.1. The number of carbonyl (C=O) groups excluding carboxylic acids is 8. The molecule has 4 aromatic rings. The third-order valence-corrected chi connectivity index (χ3v) is 18.7. The maximum absolute atomic E-state index is 13.2. The quantitative estimate of drug-likeness (QED) is 0.0168. The van der Waals surface area contributed by atoms with Gasteiger partial charge >= 0.3 is 48.5 Å². The zero-order valence-electron chi connectivity index (χ0n) is 56.0. The molecule has 0 radical (unpaired) electrons. The van der Waals surface area contributed by atoms with E-state index in [9.17, 15) is 38.4 Å². The molecule has 0 N–H and O–H groups in total. The predicted octanol–water partition coefficient (Wildman–Crippen LogP) is 16.6. The highest BCUT2D eigenvalue weighted by Crippen LogP contribution is 2.63. The molecule has 4 saturated carbocycles. The summed E-state index contributed by atoms with van der Waals surface area (Å²) in [5, 5.41) is 0. The average Bonchev–Trinajstić information content (AvgIpc) is 0.734. The van der Waals surface area contributed by atoms with Crippen LogP contribution in [0.15, 0.2) is 97.1 Å². The normalized spacial score (nSPS) is 21.2. The maximum Gasteiger partial charge on any atom is 0.550 e. The summed E-state index contributed by atoms with van der Waals surface area (Å²) >= 11 is 0. The fraction of sp³-hybridized carbons (Fsp3) is 0.562. The van der Waals surface area contributed by atoms with Gasteiger partial charge in [0, 0.05) is 0 Å². The first-order valence-corrected chi connectivity index (χ1v) is 34.5. The topological polar surface area (TPSA) is 284 Å². The van der Waals surface area contributed by atoms with Crippen molar-refractivity contribution in [3.63, 3.8) is 0 Å². The Labute approximate surface area is 565 Å². The molecular weight excluding hydrogens is 1260 g/mol. The van der Waals surface area contributed by atoms with Crippen molar-refractivity contribution in [3.05, 3.63) is 119 Å². The van der Waals surface area contributed by atoms with E-state index >= 15 is 0 Å². The zero-order chi connectivity index (χ0) is 68.8. The Morgan fingerprint density at radius 2 is 0.464 bits per heavy atom. The highest BCUT2D eigenvalue weighted by atomic mass is 17.3. The molecule has 4 fully saturated rings. The second-order valence-electron chi connectivity index (χ2n) is 25.1. The monoisotopic (exact) mass is 1350 g/mol. The van der Waals surface area contributed by atoms with Crippen LogP contribution in [-0.2, 0) is 58.0 Å². The lowest BCUT2D eigenvalue weighted by atomic mass is 9.45. The van der Waals surface area contributed by atoms with Crippen LogP contribution in [-0.4, -0.2) is 99.3 Å². The molecule has 24 nitrogen and oxygen atoms in total. The Morgan fingerprint density at radius 1 is 0.278 bits per heavy atom. The van der Waals surface area contributed by atoms with Gasteiger partial charge in [-0.3, -0.25) is 0 Å². The van der Waals surface area contributed by atoms with E-state index in [0.29, 0.717) is 152 Å². The van der Waals surface area contributed by atoms with Gasteiger partial charge in [-0.1, -0.05) is 53.4 Å². The van der Waals surface area contributed by atoms with Crippen LogP contribution in [0.4, 0.5) is 19.2 Å². The first-order valence-electron chi connectivity index (χ1n) is 34.5. The second-order valence-corrected chi connectivity index (χ2v) is 25.1. The summed E-state index contributed by atoms with van der Waals surface area (Å²) in [6.07, 6.45) is 8.72. The van der Waals surface area contributed by atoms with Crippen molar-refractivity contribution >= 4 is 48.5 Å². The summed E-state index contributed by atoms with van der Waals surface area (Å²) < 4.78 is 45.9. The van der Waals surface area contributed by atoms with E-state index in [-0.39, 0.29) is 45.9 Å². The second kappa shape index (κ2) is 38.7. The number of rotatable bonds is 28. The molecule has 4 aromatic carbocycles. The van der Waals surface area contributed by atoms with Gasteiger partial charge in [0.25, 0.3) is 0 Å². The highest BCUT2D eigenvalue weighted by molar-refractivity contribution is 5.91. The lowest BCUT2D eigenvalue weighted by molar-refractivity contribution is -0.213. The van der Waals surface area contributed by atoms with Gasteiger partial charge in [0.05, 0.1) is 48.7 Å². The van der Waals surface area contributed by atoms with Gasteiger partial charge < -0.3 is 37.9 Å². The number of hydrogen-bond donors (Lipinski definition) is 0. The molecule has 0 bridgehead atoms. The van der Waals surface area contributed by atoms with Crippen LogP contribution < -0.4 is 18.9 Å². The minimum absolute atomic E-state index is 0.0200. The minimum atomic E-state index is -1.17. The molecule has 97 heavy (non-hydrogen) atoms. The summed E-state index contributed by atoms with van der Waals surface area (Å²) in [5.41, 5.74) is 0.103. The lowest BCUT2D eigenvalue weighted by Crippen LogP contribution is -2.54. The Hall–Kier alpha value is -8.96. The average molecular weight is 1350 g/mol. The smallest absolute Gasteiger partial charge is 0.494 e. The van der Waals surface area contributed by atoms with Crippen LogP contribution in [0.5, 0.6) is 23.0 Å². The molecule has 0 aromatic heterocycles. The van der Waals surface area contributed by atoms with Gasteiger partial charge in [-0.05, 0) is 255 Å². The van der Waals surface area contributed by atoms with Crippen LogP contribution >= 0.6 is 0 Å². The maximum atomic E-state index is 13.2. The van der Waals surface area contributed by atoms with E-state index in [4.69, 9.17) is 77.0 Å².